The molecule has 10 nitrogen and oxygen atoms in total. The zero-order valence-electron chi connectivity index (χ0n) is 36.3. The van der Waals surface area contributed by atoms with E-state index in [0.717, 1.165) is 80.9 Å². The van der Waals surface area contributed by atoms with E-state index in [9.17, 15) is 26.7 Å². The Morgan fingerprint density at radius 3 is 2.04 bits per heavy atom. The SMILES string of the molecule is CCCCCCCCS(=O)(=O)Nc1cc2c(cc1C1=C(O)/C(=C3C=C(C(C)(C)C(C)(C)CCC)/C(=N/C)C=C/3NS(C)(=O)=O)C1=O)C(C)(C)C(C)(CCC)N2C. The van der Waals surface area contributed by atoms with E-state index in [2.05, 4.69) is 88.6 Å². The number of hydrogen-bond acceptors (Lipinski definition) is 8. The largest absolute Gasteiger partial charge is 0.506 e. The number of nitrogens with one attached hydrogen (secondary N) is 2. The fraction of sp³-hybridized carbons (Fsp3) is 0.636. The zero-order valence-corrected chi connectivity index (χ0v) is 37.9. The number of rotatable bonds is 18. The summed E-state index contributed by atoms with van der Waals surface area (Å²) < 4.78 is 58.1. The highest BCUT2D eigenvalue weighted by atomic mass is 32.2. The summed E-state index contributed by atoms with van der Waals surface area (Å²) in [7, 11) is -3.96. The van der Waals surface area contributed by atoms with Crippen LogP contribution in [0, 0.1) is 10.8 Å². The van der Waals surface area contributed by atoms with Gasteiger partial charge >= 0.3 is 0 Å². The highest BCUT2D eigenvalue weighted by Gasteiger charge is 2.53. The Bertz CT molecular complexity index is 2100. The summed E-state index contributed by atoms with van der Waals surface area (Å²) >= 11 is 0. The van der Waals surface area contributed by atoms with Crippen LogP contribution in [0.1, 0.15) is 145 Å². The number of nitrogens with zero attached hydrogens (tertiary/aromatic N) is 2. The third kappa shape index (κ3) is 8.43. The van der Waals surface area contributed by atoms with Crippen molar-refractivity contribution >= 4 is 48.5 Å². The molecule has 0 amide bonds. The van der Waals surface area contributed by atoms with Crippen LogP contribution in [0.3, 0.4) is 0 Å². The Balaban J connectivity index is 1.97. The molecule has 0 fully saturated rings. The topological polar surface area (TPSA) is 145 Å². The van der Waals surface area contributed by atoms with E-state index < -0.39 is 36.7 Å². The monoisotopic (exact) mass is 812 g/mol. The number of unbranched alkanes of at least 4 members (excludes halogenated alkanes) is 5. The molecule has 0 saturated heterocycles. The minimum Gasteiger partial charge on any atom is -0.506 e. The van der Waals surface area contributed by atoms with Crippen LogP contribution in [0.2, 0.25) is 0 Å². The average molecular weight is 813 g/mol. The molecule has 56 heavy (non-hydrogen) atoms. The molecule has 0 aromatic heterocycles. The molecule has 12 heteroatoms. The average Bonchev–Trinajstić information content (AvgIpc) is 3.22. The number of allylic oxidation sites excluding steroid dienone is 5. The van der Waals surface area contributed by atoms with E-state index in [0.29, 0.717) is 17.7 Å². The van der Waals surface area contributed by atoms with Gasteiger partial charge in [0.1, 0.15) is 5.76 Å². The molecule has 312 valence electrons. The number of carbonyl (C=O) groups is 1. The standard InChI is InChI=1S/C44H68N4O6S2/c1-14-17-18-19-20-21-24-56(53,54)47-34-28-36-32(43(8,9)44(10,23-16-3)48(36)12)26-30(34)38-39(49)37(40(38)50)29-25-31(42(6,7)41(4,5)22-15-2)35(45-11)27-33(29)46-55(13,51)52/h25-28,46-47,49H,14-24H2,1-13H3/b37-29+,45-35+. The molecule has 0 bridgehead atoms. The van der Waals surface area contributed by atoms with Crippen LogP contribution in [0.25, 0.3) is 5.57 Å². The molecule has 4 rings (SSSR count). The van der Waals surface area contributed by atoms with Crippen molar-refractivity contribution in [1.29, 1.82) is 0 Å². The fourth-order valence-corrected chi connectivity index (χ4v) is 10.6. The second-order valence-corrected chi connectivity index (χ2v) is 21.6. The molecule has 0 spiro atoms. The van der Waals surface area contributed by atoms with Crippen LogP contribution in [0.15, 0.2) is 57.5 Å². The maximum absolute atomic E-state index is 14.6. The van der Waals surface area contributed by atoms with Crippen LogP contribution in [0.4, 0.5) is 11.4 Å². The molecule has 0 saturated carbocycles. The van der Waals surface area contributed by atoms with Gasteiger partial charge in [-0.05, 0) is 72.4 Å². The van der Waals surface area contributed by atoms with E-state index >= 15 is 0 Å². The Morgan fingerprint density at radius 1 is 0.857 bits per heavy atom. The normalized spacial score (nSPS) is 22.3. The minimum atomic E-state index is -3.82. The fourth-order valence-electron chi connectivity index (χ4n) is 8.86. The van der Waals surface area contributed by atoms with E-state index in [4.69, 9.17) is 0 Å². The van der Waals surface area contributed by atoms with Crippen LogP contribution in [0.5, 0.6) is 0 Å². The Morgan fingerprint density at radius 2 is 1.48 bits per heavy atom. The lowest BCUT2D eigenvalue weighted by molar-refractivity contribution is -0.111. The second kappa shape index (κ2) is 16.5. The molecule has 3 N–H and O–H groups in total. The Kier molecular flexibility index (Phi) is 13.3. The predicted octanol–water partition coefficient (Wildman–Crippen LogP) is 9.52. The smallest absolute Gasteiger partial charge is 0.232 e. The number of Topliss-reactive ketones (excluding diaryl/α,β-unsaturated/α-hetero) is 1. The van der Waals surface area contributed by atoms with Crippen molar-refractivity contribution in [3.05, 3.63) is 63.6 Å². The van der Waals surface area contributed by atoms with Crippen LogP contribution in [-0.2, 0) is 30.3 Å². The zero-order chi connectivity index (χ0) is 42.2. The van der Waals surface area contributed by atoms with Gasteiger partial charge in [0.15, 0.2) is 0 Å². The number of aliphatic hydroxyl groups is 1. The van der Waals surface area contributed by atoms with Crippen molar-refractivity contribution in [2.75, 3.05) is 35.7 Å². The first-order valence-corrected chi connectivity index (χ1v) is 23.9. The molecule has 1 aliphatic heterocycles. The molecular weight excluding hydrogens is 745 g/mol. The maximum atomic E-state index is 14.6. The van der Waals surface area contributed by atoms with Crippen molar-refractivity contribution < 1.29 is 26.7 Å². The van der Waals surface area contributed by atoms with Gasteiger partial charge in [-0.15, -0.1) is 0 Å². The third-order valence-corrected chi connectivity index (χ3v) is 15.4. The first kappa shape index (κ1) is 45.3. The number of aliphatic imine (C=N–C) groups is 1. The maximum Gasteiger partial charge on any atom is 0.232 e. The third-order valence-electron chi connectivity index (χ3n) is 13.4. The number of sulfonamides is 2. The number of aliphatic hydroxyl groups excluding tert-OH is 1. The van der Waals surface area contributed by atoms with Crippen molar-refractivity contribution in [3.8, 4) is 0 Å². The van der Waals surface area contributed by atoms with Crippen molar-refractivity contribution in [2.45, 2.75) is 144 Å². The van der Waals surface area contributed by atoms with Crippen LogP contribution < -0.4 is 14.3 Å². The Labute approximate surface area is 338 Å². The molecule has 2 aliphatic carbocycles. The van der Waals surface area contributed by atoms with Gasteiger partial charge in [-0.3, -0.25) is 19.2 Å². The van der Waals surface area contributed by atoms with Crippen molar-refractivity contribution in [1.82, 2.24) is 4.72 Å². The molecular formula is C44H68N4O6S2. The summed E-state index contributed by atoms with van der Waals surface area (Å²) in [6.07, 6.45) is 13.7. The first-order valence-electron chi connectivity index (χ1n) is 20.4. The van der Waals surface area contributed by atoms with E-state index in [1.165, 1.54) is 0 Å². The van der Waals surface area contributed by atoms with E-state index in [-0.39, 0.29) is 50.6 Å². The van der Waals surface area contributed by atoms with Gasteiger partial charge in [0.25, 0.3) is 0 Å². The summed E-state index contributed by atoms with van der Waals surface area (Å²) in [6, 6.07) is 3.68. The lowest BCUT2D eigenvalue weighted by atomic mass is 9.60. The second-order valence-electron chi connectivity index (χ2n) is 18.0. The number of carbonyl (C=O) groups excluding carboxylic acids is 1. The predicted molar refractivity (Wildman–Crippen MR) is 234 cm³/mol. The molecule has 3 aliphatic rings. The summed E-state index contributed by atoms with van der Waals surface area (Å²) in [5.41, 5.74) is 2.66. The molecule has 1 aromatic rings. The van der Waals surface area contributed by atoms with Gasteiger partial charge < -0.3 is 10.0 Å². The van der Waals surface area contributed by atoms with Gasteiger partial charge in [0.2, 0.25) is 25.8 Å². The van der Waals surface area contributed by atoms with E-state index in [1.54, 1.807) is 19.2 Å². The van der Waals surface area contributed by atoms with Gasteiger partial charge in [0.05, 0.1) is 40.3 Å². The molecule has 1 aromatic carbocycles. The molecule has 1 atom stereocenters. The minimum absolute atomic E-state index is 0.00991. The van der Waals surface area contributed by atoms with Crippen LogP contribution >= 0.6 is 0 Å². The summed E-state index contributed by atoms with van der Waals surface area (Å²) in [4.78, 5) is 21.4. The number of likely N-dealkylation sites (N-methyl/N-ethyl adjacent to an activating group) is 1. The number of benzene rings is 1. The van der Waals surface area contributed by atoms with E-state index in [1.807, 2.05) is 19.2 Å². The van der Waals surface area contributed by atoms with Crippen LogP contribution in [-0.4, -0.2) is 65.1 Å². The number of anilines is 2. The van der Waals surface area contributed by atoms with Crippen molar-refractivity contribution in [2.24, 2.45) is 15.8 Å². The van der Waals surface area contributed by atoms with Gasteiger partial charge in [-0.2, -0.15) is 0 Å². The summed E-state index contributed by atoms with van der Waals surface area (Å²) in [5.74, 6) is -0.891. The van der Waals surface area contributed by atoms with Gasteiger partial charge in [0, 0.05) is 41.9 Å². The number of ketones is 1. The number of fused-ring (bicyclic) bond motifs is 1. The van der Waals surface area contributed by atoms with Crippen molar-refractivity contribution in [3.63, 3.8) is 0 Å². The summed E-state index contributed by atoms with van der Waals surface area (Å²) in [5, 5.41) is 12.0. The van der Waals surface area contributed by atoms with Gasteiger partial charge in [-0.25, -0.2) is 16.8 Å². The highest BCUT2D eigenvalue weighted by molar-refractivity contribution is 7.92. The van der Waals surface area contributed by atoms with Gasteiger partial charge in [-0.1, -0.05) is 107 Å². The first-order chi connectivity index (χ1) is 25.9. The highest BCUT2D eigenvalue weighted by Crippen LogP contribution is 2.56. The molecule has 1 heterocycles. The summed E-state index contributed by atoms with van der Waals surface area (Å²) in [6.45, 7) is 21.6. The lowest BCUT2D eigenvalue weighted by Crippen LogP contribution is -2.51. The lowest BCUT2D eigenvalue weighted by Gasteiger charge is -2.45. The quantitative estimate of drug-likeness (QED) is 0.0989. The molecule has 0 radical (unpaired) electrons. The molecule has 1 unspecified atom stereocenters. The Hall–Kier alpha value is -3.38. The number of hydrogen-bond donors (Lipinski definition) is 3.